The number of carbonyl (C=O) groups is 1. The van der Waals surface area contributed by atoms with E-state index >= 15 is 0 Å². The highest BCUT2D eigenvalue weighted by Crippen LogP contribution is 2.16. The van der Waals surface area contributed by atoms with Gasteiger partial charge < -0.3 is 5.11 Å². The van der Waals surface area contributed by atoms with E-state index in [0.29, 0.717) is 0 Å². The summed E-state index contributed by atoms with van der Waals surface area (Å²) in [6, 6.07) is 0. The Morgan fingerprint density at radius 1 is 1.69 bits per heavy atom. The van der Waals surface area contributed by atoms with E-state index in [1.807, 2.05) is 6.92 Å². The van der Waals surface area contributed by atoms with Gasteiger partial charge in [-0.2, -0.15) is 0 Å². The molecule has 1 rings (SSSR count). The minimum Gasteiger partial charge on any atom is -0.480 e. The van der Waals surface area contributed by atoms with E-state index in [0.717, 1.165) is 5.01 Å². The number of rotatable bonds is 6. The summed E-state index contributed by atoms with van der Waals surface area (Å²) in [5, 5.41) is 11.0. The lowest BCUT2D eigenvalue weighted by atomic mass is 10.2. The molecule has 0 aliphatic heterocycles. The fourth-order valence-electron chi connectivity index (χ4n) is 1.03. The Morgan fingerprint density at radius 3 is 2.88 bits per heavy atom. The second kappa shape index (κ2) is 5.37. The van der Waals surface area contributed by atoms with Crippen molar-refractivity contribution in [2.24, 2.45) is 0 Å². The number of aliphatic carboxylic acids is 1. The molecule has 1 aromatic rings. The van der Waals surface area contributed by atoms with Gasteiger partial charge in [-0.3, -0.25) is 4.79 Å². The first kappa shape index (κ1) is 13.1. The zero-order chi connectivity index (χ0) is 12.2. The average molecular weight is 264 g/mol. The topological polar surface area (TPSA) is 96.4 Å². The van der Waals surface area contributed by atoms with Crippen molar-refractivity contribution < 1.29 is 18.3 Å². The summed E-state index contributed by atoms with van der Waals surface area (Å²) in [5.74, 6) is -2.34. The summed E-state index contributed by atoms with van der Waals surface area (Å²) >= 11 is 1.43. The lowest BCUT2D eigenvalue weighted by Gasteiger charge is -2.09. The molecule has 2 N–H and O–H groups in total. The first-order chi connectivity index (χ1) is 7.41. The van der Waals surface area contributed by atoms with Crippen molar-refractivity contribution in [3.05, 3.63) is 16.6 Å². The average Bonchev–Trinajstić information content (AvgIpc) is 2.64. The minimum atomic E-state index is -3.74. The van der Waals surface area contributed by atoms with Gasteiger partial charge in [0.1, 0.15) is 0 Å². The van der Waals surface area contributed by atoms with Gasteiger partial charge in [-0.1, -0.05) is 6.92 Å². The van der Waals surface area contributed by atoms with Gasteiger partial charge in [-0.25, -0.2) is 18.1 Å². The van der Waals surface area contributed by atoms with Gasteiger partial charge >= 0.3 is 5.97 Å². The van der Waals surface area contributed by atoms with Crippen LogP contribution in [0, 0.1) is 0 Å². The van der Waals surface area contributed by atoms with Crippen LogP contribution >= 0.6 is 11.3 Å². The maximum Gasteiger partial charge on any atom is 0.320 e. The van der Waals surface area contributed by atoms with Gasteiger partial charge in [0.25, 0.3) is 0 Å². The molecule has 0 aliphatic rings. The van der Waals surface area contributed by atoms with Crippen LogP contribution in [0.4, 0.5) is 0 Å². The Kier molecular flexibility index (Phi) is 4.39. The molecule has 1 heterocycles. The van der Waals surface area contributed by atoms with Crippen molar-refractivity contribution >= 4 is 27.3 Å². The van der Waals surface area contributed by atoms with Crippen LogP contribution in [0.25, 0.3) is 0 Å². The van der Waals surface area contributed by atoms with Crippen LogP contribution in [0.2, 0.25) is 0 Å². The molecule has 16 heavy (non-hydrogen) atoms. The van der Waals surface area contributed by atoms with Gasteiger partial charge in [-0.15, -0.1) is 11.3 Å². The van der Waals surface area contributed by atoms with Crippen molar-refractivity contribution in [1.29, 1.82) is 0 Å². The number of carboxylic acid groups (broad SMARTS) is 1. The van der Waals surface area contributed by atoms with E-state index in [-0.39, 0.29) is 12.5 Å². The third-order valence-electron chi connectivity index (χ3n) is 1.80. The standard InChI is InChI=1S/C8H12N2O4S2/c1-6(8-9-2-3-15-8)4-10-16(13,14)5-7(11)12/h2-3,6,10H,4-5H2,1H3,(H,11,12). The molecule has 1 atom stereocenters. The molecule has 1 unspecified atom stereocenters. The number of thiazole rings is 1. The van der Waals surface area contributed by atoms with Crippen molar-refractivity contribution in [2.45, 2.75) is 12.8 Å². The van der Waals surface area contributed by atoms with E-state index in [4.69, 9.17) is 5.11 Å². The highest BCUT2D eigenvalue weighted by molar-refractivity contribution is 7.90. The zero-order valence-electron chi connectivity index (χ0n) is 8.58. The van der Waals surface area contributed by atoms with Crippen LogP contribution < -0.4 is 4.72 Å². The van der Waals surface area contributed by atoms with Gasteiger partial charge in [0, 0.05) is 24.0 Å². The van der Waals surface area contributed by atoms with Crippen LogP contribution in [0.3, 0.4) is 0 Å². The molecule has 6 nitrogen and oxygen atoms in total. The normalized spacial score (nSPS) is 13.6. The van der Waals surface area contributed by atoms with Gasteiger partial charge in [0.15, 0.2) is 5.75 Å². The second-order valence-corrected chi connectivity index (χ2v) is 6.01. The van der Waals surface area contributed by atoms with Crippen molar-refractivity contribution in [1.82, 2.24) is 9.71 Å². The van der Waals surface area contributed by atoms with E-state index in [2.05, 4.69) is 9.71 Å². The van der Waals surface area contributed by atoms with Crippen molar-refractivity contribution in [3.8, 4) is 0 Å². The molecule has 0 spiro atoms. The molecule has 8 heteroatoms. The van der Waals surface area contributed by atoms with E-state index < -0.39 is 21.7 Å². The van der Waals surface area contributed by atoms with Gasteiger partial charge in [0.05, 0.1) is 5.01 Å². The van der Waals surface area contributed by atoms with Crippen LogP contribution in [-0.4, -0.2) is 36.8 Å². The smallest absolute Gasteiger partial charge is 0.320 e. The van der Waals surface area contributed by atoms with E-state index in [1.54, 1.807) is 11.6 Å². The fraction of sp³-hybridized carbons (Fsp3) is 0.500. The van der Waals surface area contributed by atoms with Crippen LogP contribution in [-0.2, 0) is 14.8 Å². The Balaban J connectivity index is 2.49. The first-order valence-electron chi connectivity index (χ1n) is 4.49. The Bertz CT molecular complexity index is 441. The molecule has 0 aromatic carbocycles. The molecule has 0 amide bonds. The summed E-state index contributed by atoms with van der Waals surface area (Å²) in [6.07, 6.45) is 1.64. The van der Waals surface area contributed by atoms with E-state index in [9.17, 15) is 13.2 Å². The number of carboxylic acids is 1. The third-order valence-corrected chi connectivity index (χ3v) is 4.04. The summed E-state index contributed by atoms with van der Waals surface area (Å²) in [6.45, 7) is 1.98. The molecule has 0 aliphatic carbocycles. The lowest BCUT2D eigenvalue weighted by molar-refractivity contribution is -0.134. The molecule has 1 aromatic heterocycles. The number of nitrogens with zero attached hydrogens (tertiary/aromatic N) is 1. The highest BCUT2D eigenvalue weighted by atomic mass is 32.2. The molecule has 0 radical (unpaired) electrons. The van der Waals surface area contributed by atoms with Crippen molar-refractivity contribution in [2.75, 3.05) is 12.3 Å². The largest absolute Gasteiger partial charge is 0.480 e. The number of nitrogens with one attached hydrogen (secondary N) is 1. The van der Waals surface area contributed by atoms with E-state index in [1.165, 1.54) is 11.3 Å². The Labute approximate surface area is 97.4 Å². The summed E-state index contributed by atoms with van der Waals surface area (Å²) < 4.78 is 24.6. The quantitative estimate of drug-likeness (QED) is 0.767. The SMILES string of the molecule is CC(CNS(=O)(=O)CC(=O)O)c1nccs1. The van der Waals surface area contributed by atoms with Crippen LogP contribution in [0.1, 0.15) is 17.8 Å². The number of hydrogen-bond acceptors (Lipinski definition) is 5. The van der Waals surface area contributed by atoms with Crippen LogP contribution in [0.5, 0.6) is 0 Å². The molecule has 0 fully saturated rings. The lowest BCUT2D eigenvalue weighted by Crippen LogP contribution is -2.32. The predicted molar refractivity (Wildman–Crippen MR) is 60.0 cm³/mol. The zero-order valence-corrected chi connectivity index (χ0v) is 10.2. The summed E-state index contributed by atoms with van der Waals surface area (Å²) in [4.78, 5) is 14.3. The Morgan fingerprint density at radius 2 is 2.38 bits per heavy atom. The maximum absolute atomic E-state index is 11.2. The van der Waals surface area contributed by atoms with Gasteiger partial charge in [0.2, 0.25) is 10.0 Å². The Hall–Kier alpha value is -0.990. The maximum atomic E-state index is 11.2. The molecule has 0 saturated heterocycles. The first-order valence-corrected chi connectivity index (χ1v) is 7.02. The van der Waals surface area contributed by atoms with Crippen LogP contribution in [0.15, 0.2) is 11.6 Å². The molecule has 0 saturated carbocycles. The van der Waals surface area contributed by atoms with Gasteiger partial charge in [-0.05, 0) is 0 Å². The van der Waals surface area contributed by atoms with Crippen molar-refractivity contribution in [3.63, 3.8) is 0 Å². The monoisotopic (exact) mass is 264 g/mol. The highest BCUT2D eigenvalue weighted by Gasteiger charge is 2.17. The summed E-state index contributed by atoms with van der Waals surface area (Å²) in [5.41, 5.74) is 0. The molecule has 90 valence electrons. The fourth-order valence-corrected chi connectivity index (χ4v) is 2.66. The third kappa shape index (κ3) is 4.25. The number of sulfonamides is 1. The number of aromatic nitrogens is 1. The summed E-state index contributed by atoms with van der Waals surface area (Å²) in [7, 11) is -3.74. The number of hydrogen-bond donors (Lipinski definition) is 2. The second-order valence-electron chi connectivity index (χ2n) is 3.27. The minimum absolute atomic E-state index is 0.0661. The molecule has 0 bridgehead atoms. The molecular formula is C8H12N2O4S2. The predicted octanol–water partition coefficient (Wildman–Crippen LogP) is 0.251. The molecular weight excluding hydrogens is 252 g/mol.